The van der Waals surface area contributed by atoms with E-state index in [0.717, 1.165) is 25.3 Å². The number of benzene rings is 1. The van der Waals surface area contributed by atoms with E-state index in [1.807, 2.05) is 24.7 Å². The molecule has 2 aromatic rings. The first-order valence-electron chi connectivity index (χ1n) is 8.14. The van der Waals surface area contributed by atoms with Gasteiger partial charge in [-0.3, -0.25) is 0 Å². The fourth-order valence-electron chi connectivity index (χ4n) is 2.81. The van der Waals surface area contributed by atoms with Crippen molar-refractivity contribution in [3.8, 4) is 0 Å². The standard InChI is InChI=1S/C19H24N2OS/c1-5-21(4)12-20-17-11-15-8-9-22-19(16(15)10-13(17)2)18-7-6-14(3)23-18/h6-7,10-12,19H,5,8-9H2,1-4H3. The van der Waals surface area contributed by atoms with Gasteiger partial charge >= 0.3 is 0 Å². The summed E-state index contributed by atoms with van der Waals surface area (Å²) in [6.07, 6.45) is 2.95. The summed E-state index contributed by atoms with van der Waals surface area (Å²) in [6, 6.07) is 8.86. The molecule has 0 aliphatic carbocycles. The Hall–Kier alpha value is -1.65. The molecule has 3 nitrogen and oxygen atoms in total. The zero-order valence-electron chi connectivity index (χ0n) is 14.3. The summed E-state index contributed by atoms with van der Waals surface area (Å²) in [5.74, 6) is 0. The molecule has 0 saturated heterocycles. The zero-order valence-corrected chi connectivity index (χ0v) is 15.1. The number of fused-ring (bicyclic) bond motifs is 1. The number of aryl methyl sites for hydroxylation is 2. The van der Waals surface area contributed by atoms with Crippen LogP contribution in [-0.2, 0) is 11.2 Å². The molecule has 23 heavy (non-hydrogen) atoms. The molecule has 0 radical (unpaired) electrons. The minimum atomic E-state index is 0.0764. The van der Waals surface area contributed by atoms with Gasteiger partial charge in [-0.2, -0.15) is 0 Å². The summed E-state index contributed by atoms with van der Waals surface area (Å²) in [7, 11) is 2.04. The monoisotopic (exact) mass is 328 g/mol. The Bertz CT molecular complexity index is 720. The zero-order chi connectivity index (χ0) is 16.4. The van der Waals surface area contributed by atoms with Crippen molar-refractivity contribution < 1.29 is 4.74 Å². The fraction of sp³-hybridized carbons (Fsp3) is 0.421. The second kappa shape index (κ2) is 6.85. The van der Waals surface area contributed by atoms with E-state index in [-0.39, 0.29) is 6.10 Å². The van der Waals surface area contributed by atoms with Crippen LogP contribution >= 0.6 is 11.3 Å². The number of ether oxygens (including phenoxy) is 1. The van der Waals surface area contributed by atoms with Crippen LogP contribution in [0.1, 0.15) is 39.5 Å². The van der Waals surface area contributed by atoms with E-state index in [1.165, 1.54) is 26.4 Å². The molecule has 0 fully saturated rings. The molecule has 3 rings (SSSR count). The molecule has 2 heterocycles. The number of hydrogen-bond donors (Lipinski definition) is 0. The van der Waals surface area contributed by atoms with Gasteiger partial charge in [0.2, 0.25) is 0 Å². The Morgan fingerprint density at radius 2 is 2.17 bits per heavy atom. The topological polar surface area (TPSA) is 24.8 Å². The van der Waals surface area contributed by atoms with Gasteiger partial charge in [-0.15, -0.1) is 11.3 Å². The Labute approximate surface area is 142 Å². The maximum atomic E-state index is 6.08. The lowest BCUT2D eigenvalue weighted by Crippen LogP contribution is -2.17. The molecular weight excluding hydrogens is 304 g/mol. The Kier molecular flexibility index (Phi) is 4.83. The van der Waals surface area contributed by atoms with Crippen LogP contribution in [0.25, 0.3) is 0 Å². The molecule has 0 N–H and O–H groups in total. The smallest absolute Gasteiger partial charge is 0.117 e. The molecule has 4 heteroatoms. The summed E-state index contributed by atoms with van der Waals surface area (Å²) >= 11 is 1.82. The number of aliphatic imine (C=N–C) groups is 1. The van der Waals surface area contributed by atoms with Crippen molar-refractivity contribution in [3.63, 3.8) is 0 Å². The van der Waals surface area contributed by atoms with Gasteiger partial charge in [0, 0.05) is 23.3 Å². The van der Waals surface area contributed by atoms with Crippen LogP contribution in [0.4, 0.5) is 5.69 Å². The van der Waals surface area contributed by atoms with Crippen LogP contribution in [0, 0.1) is 13.8 Å². The van der Waals surface area contributed by atoms with Gasteiger partial charge in [0.15, 0.2) is 0 Å². The third kappa shape index (κ3) is 3.48. The van der Waals surface area contributed by atoms with Gasteiger partial charge in [0.05, 0.1) is 18.6 Å². The molecule has 1 aliphatic heterocycles. The van der Waals surface area contributed by atoms with Crippen molar-refractivity contribution in [3.05, 3.63) is 50.7 Å². The minimum absolute atomic E-state index is 0.0764. The third-order valence-electron chi connectivity index (χ3n) is 4.31. The molecule has 0 amide bonds. The second-order valence-electron chi connectivity index (χ2n) is 6.10. The quantitative estimate of drug-likeness (QED) is 0.603. The Morgan fingerprint density at radius 1 is 1.35 bits per heavy atom. The predicted molar refractivity (Wildman–Crippen MR) is 98.2 cm³/mol. The summed E-state index contributed by atoms with van der Waals surface area (Å²) in [4.78, 5) is 9.36. The van der Waals surface area contributed by atoms with Gasteiger partial charge in [0.25, 0.3) is 0 Å². The van der Waals surface area contributed by atoms with Gasteiger partial charge in [-0.1, -0.05) is 6.07 Å². The lowest BCUT2D eigenvalue weighted by atomic mass is 9.94. The van der Waals surface area contributed by atoms with E-state index in [2.05, 4.69) is 54.9 Å². The first kappa shape index (κ1) is 16.2. The predicted octanol–water partition coefficient (Wildman–Crippen LogP) is 4.64. The molecule has 122 valence electrons. The first-order valence-corrected chi connectivity index (χ1v) is 8.96. The summed E-state index contributed by atoms with van der Waals surface area (Å²) in [5.41, 5.74) is 4.93. The lowest BCUT2D eigenvalue weighted by Gasteiger charge is -2.26. The van der Waals surface area contributed by atoms with E-state index in [1.54, 1.807) is 0 Å². The van der Waals surface area contributed by atoms with E-state index in [4.69, 9.17) is 4.74 Å². The fourth-order valence-corrected chi connectivity index (χ4v) is 3.76. The third-order valence-corrected chi connectivity index (χ3v) is 5.35. The molecule has 0 saturated carbocycles. The summed E-state index contributed by atoms with van der Waals surface area (Å²) < 4.78 is 6.08. The van der Waals surface area contributed by atoms with Gasteiger partial charge in [-0.25, -0.2) is 4.99 Å². The average molecular weight is 328 g/mol. The van der Waals surface area contributed by atoms with Crippen molar-refractivity contribution in [2.24, 2.45) is 4.99 Å². The number of rotatable bonds is 4. The van der Waals surface area contributed by atoms with Crippen molar-refractivity contribution in [2.45, 2.75) is 33.3 Å². The molecule has 0 spiro atoms. The normalized spacial score (nSPS) is 17.5. The van der Waals surface area contributed by atoms with Crippen LogP contribution < -0.4 is 0 Å². The summed E-state index contributed by atoms with van der Waals surface area (Å²) in [5, 5.41) is 0. The number of thiophene rings is 1. The molecule has 1 unspecified atom stereocenters. The number of hydrogen-bond acceptors (Lipinski definition) is 3. The van der Waals surface area contributed by atoms with Crippen LogP contribution in [0.15, 0.2) is 29.3 Å². The molecule has 1 atom stereocenters. The van der Waals surface area contributed by atoms with Crippen molar-refractivity contribution >= 4 is 23.4 Å². The molecule has 0 bridgehead atoms. The molecule has 1 aromatic heterocycles. The highest BCUT2D eigenvalue weighted by Gasteiger charge is 2.24. The average Bonchev–Trinajstić information content (AvgIpc) is 2.98. The largest absolute Gasteiger partial charge is 0.368 e. The Morgan fingerprint density at radius 3 is 2.87 bits per heavy atom. The van der Waals surface area contributed by atoms with Crippen LogP contribution in [0.3, 0.4) is 0 Å². The highest BCUT2D eigenvalue weighted by atomic mass is 32.1. The van der Waals surface area contributed by atoms with E-state index in [9.17, 15) is 0 Å². The number of nitrogens with zero attached hydrogens (tertiary/aromatic N) is 2. The Balaban J connectivity index is 1.95. The maximum Gasteiger partial charge on any atom is 0.117 e. The second-order valence-corrected chi connectivity index (χ2v) is 7.42. The van der Waals surface area contributed by atoms with Crippen molar-refractivity contribution in [1.82, 2.24) is 4.90 Å². The van der Waals surface area contributed by atoms with E-state index < -0.39 is 0 Å². The highest BCUT2D eigenvalue weighted by molar-refractivity contribution is 7.12. The summed E-state index contributed by atoms with van der Waals surface area (Å²) in [6.45, 7) is 8.13. The SMILES string of the molecule is CCN(C)C=Nc1cc2c(cc1C)C(c1ccc(C)s1)OCC2. The first-order chi connectivity index (χ1) is 11.1. The van der Waals surface area contributed by atoms with E-state index in [0.29, 0.717) is 0 Å². The van der Waals surface area contributed by atoms with Crippen molar-refractivity contribution in [2.75, 3.05) is 20.2 Å². The van der Waals surface area contributed by atoms with Gasteiger partial charge in [-0.05, 0) is 62.1 Å². The van der Waals surface area contributed by atoms with Gasteiger partial charge in [0.1, 0.15) is 6.10 Å². The van der Waals surface area contributed by atoms with Crippen LogP contribution in [0.5, 0.6) is 0 Å². The highest BCUT2D eigenvalue weighted by Crippen LogP contribution is 2.38. The molecule has 1 aromatic carbocycles. The molecular formula is C19H24N2OS. The lowest BCUT2D eigenvalue weighted by molar-refractivity contribution is 0.0721. The molecule has 1 aliphatic rings. The van der Waals surface area contributed by atoms with Crippen LogP contribution in [-0.4, -0.2) is 31.4 Å². The van der Waals surface area contributed by atoms with E-state index >= 15 is 0 Å². The maximum absolute atomic E-state index is 6.08. The minimum Gasteiger partial charge on any atom is -0.368 e. The van der Waals surface area contributed by atoms with Crippen molar-refractivity contribution in [1.29, 1.82) is 0 Å². The van der Waals surface area contributed by atoms with Crippen LogP contribution in [0.2, 0.25) is 0 Å². The van der Waals surface area contributed by atoms with Gasteiger partial charge < -0.3 is 9.64 Å².